The van der Waals surface area contributed by atoms with Crippen molar-refractivity contribution in [2.45, 2.75) is 5.60 Å². The van der Waals surface area contributed by atoms with Gasteiger partial charge < -0.3 is 29.6 Å². The Balaban J connectivity index is 0.000000431. The van der Waals surface area contributed by atoms with E-state index in [1.165, 1.54) is 0 Å². The molecule has 0 saturated carbocycles. The molecule has 9 heteroatoms. The van der Waals surface area contributed by atoms with Gasteiger partial charge in [-0.3, -0.25) is 0 Å². The van der Waals surface area contributed by atoms with E-state index in [9.17, 15) is 15.0 Å². The van der Waals surface area contributed by atoms with Crippen LogP contribution in [0, 0.1) is 0 Å². The molecule has 1 aliphatic heterocycles. The van der Waals surface area contributed by atoms with Crippen LogP contribution in [0.2, 0.25) is 0 Å². The summed E-state index contributed by atoms with van der Waals surface area (Å²) in [4.78, 5) is 34.0. The Morgan fingerprint density at radius 1 is 0.724 bits per heavy atom. The Morgan fingerprint density at radius 3 is 1.59 bits per heavy atom. The first-order chi connectivity index (χ1) is 13.6. The molecule has 0 spiro atoms. The van der Waals surface area contributed by atoms with Gasteiger partial charge in [0.15, 0.2) is 5.60 Å². The Hall–Kier alpha value is -3.16. The van der Waals surface area contributed by atoms with Gasteiger partial charge in [0.2, 0.25) is 0 Å². The molecule has 0 saturated heterocycles. The van der Waals surface area contributed by atoms with Crippen molar-refractivity contribution < 1.29 is 39.0 Å². The van der Waals surface area contributed by atoms with Gasteiger partial charge in [0.25, 0.3) is 0 Å². The van der Waals surface area contributed by atoms with E-state index >= 15 is 0 Å². The molecule has 1 heterocycles. The van der Waals surface area contributed by atoms with Gasteiger partial charge in [-0.1, -0.05) is 42.5 Å². The minimum absolute atomic E-state index is 0.136. The topological polar surface area (TPSA) is 145 Å². The number of carbonyl (C=O) groups is 1. The number of aromatic hydroxyl groups is 2. The zero-order chi connectivity index (χ0) is 21.2. The van der Waals surface area contributed by atoms with Gasteiger partial charge in [-0.2, -0.15) is 0 Å². The van der Waals surface area contributed by atoms with E-state index in [1.54, 1.807) is 60.7 Å². The molecule has 150 valence electrons. The Kier molecular flexibility index (Phi) is 5.46. The van der Waals surface area contributed by atoms with Gasteiger partial charge in [-0.25, -0.2) is 9.36 Å². The predicted molar refractivity (Wildman–Crippen MR) is 102 cm³/mol. The fourth-order valence-corrected chi connectivity index (χ4v) is 3.20. The van der Waals surface area contributed by atoms with Crippen molar-refractivity contribution in [2.24, 2.45) is 0 Å². The van der Waals surface area contributed by atoms with E-state index in [2.05, 4.69) is 0 Å². The van der Waals surface area contributed by atoms with Crippen molar-refractivity contribution in [2.75, 3.05) is 0 Å². The van der Waals surface area contributed by atoms with Crippen LogP contribution >= 0.6 is 7.82 Å². The summed E-state index contributed by atoms with van der Waals surface area (Å²) in [5.41, 5.74) is 1.60. The van der Waals surface area contributed by atoms with Gasteiger partial charge in [-0.15, -0.1) is 0 Å². The zero-order valence-corrected chi connectivity index (χ0v) is 15.7. The summed E-state index contributed by atoms with van der Waals surface area (Å²) >= 11 is 0. The molecule has 5 N–H and O–H groups in total. The first-order valence-corrected chi connectivity index (χ1v) is 9.88. The molecule has 29 heavy (non-hydrogen) atoms. The summed E-state index contributed by atoms with van der Waals surface area (Å²) in [5, 5.41) is 19.2. The average molecular weight is 416 g/mol. The number of benzene rings is 3. The fourth-order valence-electron chi connectivity index (χ4n) is 3.20. The van der Waals surface area contributed by atoms with Crippen LogP contribution in [0.1, 0.15) is 27.0 Å². The van der Waals surface area contributed by atoms with Crippen LogP contribution in [0.4, 0.5) is 0 Å². The summed E-state index contributed by atoms with van der Waals surface area (Å²) in [6.07, 6.45) is 0. The standard InChI is InChI=1S/C20H14O4.H3O4P/c21-15-9-5-13(6-10-15)20(14-7-11-16(22)12-8-14)18-4-2-1-3-17(18)19(23)24-20;1-5(2,3)4/h1-12,21-22H;(H3,1,2,3,4). The van der Waals surface area contributed by atoms with Gasteiger partial charge in [0.1, 0.15) is 11.5 Å². The highest BCUT2D eigenvalue weighted by molar-refractivity contribution is 7.45. The van der Waals surface area contributed by atoms with E-state index in [-0.39, 0.29) is 11.5 Å². The van der Waals surface area contributed by atoms with Crippen molar-refractivity contribution >= 4 is 13.8 Å². The third-order valence-electron chi connectivity index (χ3n) is 4.32. The van der Waals surface area contributed by atoms with Gasteiger partial charge in [0, 0.05) is 16.7 Å². The molecular weight excluding hydrogens is 399 g/mol. The first kappa shape index (κ1) is 20.6. The Bertz CT molecular complexity index is 1020. The average Bonchev–Trinajstić information content (AvgIpc) is 2.96. The van der Waals surface area contributed by atoms with Gasteiger partial charge in [0.05, 0.1) is 5.56 Å². The molecule has 4 rings (SSSR count). The third kappa shape index (κ3) is 4.31. The second kappa shape index (κ2) is 7.69. The molecule has 1 aliphatic rings. The van der Waals surface area contributed by atoms with Crippen LogP contribution < -0.4 is 0 Å². The molecule has 8 nitrogen and oxygen atoms in total. The largest absolute Gasteiger partial charge is 0.508 e. The highest BCUT2D eigenvalue weighted by atomic mass is 31.2. The SMILES string of the molecule is O=C1OC(c2ccc(O)cc2)(c2ccc(O)cc2)c2ccccc21.O=P(O)(O)O. The molecule has 0 unspecified atom stereocenters. The number of phosphoric acid groups is 1. The lowest BCUT2D eigenvalue weighted by Gasteiger charge is -2.30. The van der Waals surface area contributed by atoms with Crippen LogP contribution in [-0.4, -0.2) is 30.9 Å². The molecule has 0 aromatic heterocycles. The number of esters is 1. The number of ether oxygens (including phenoxy) is 1. The Labute approximate surface area is 165 Å². The quantitative estimate of drug-likeness (QED) is 0.317. The molecule has 0 radical (unpaired) electrons. The number of hydrogen-bond donors (Lipinski definition) is 5. The van der Waals surface area contributed by atoms with Gasteiger partial charge in [-0.05, 0) is 30.3 Å². The summed E-state index contributed by atoms with van der Waals surface area (Å²) < 4.78 is 14.8. The number of hydrogen-bond acceptors (Lipinski definition) is 5. The summed E-state index contributed by atoms with van der Waals surface area (Å²) in [6, 6.07) is 20.4. The summed E-state index contributed by atoms with van der Waals surface area (Å²) in [6.45, 7) is 0. The highest BCUT2D eigenvalue weighted by Crippen LogP contribution is 2.47. The van der Waals surface area contributed by atoms with Crippen molar-refractivity contribution in [3.8, 4) is 11.5 Å². The second-order valence-electron chi connectivity index (χ2n) is 6.22. The summed E-state index contributed by atoms with van der Waals surface area (Å²) in [5.74, 6) is -0.124. The van der Waals surface area contributed by atoms with Crippen LogP contribution in [0.25, 0.3) is 0 Å². The van der Waals surface area contributed by atoms with Crippen molar-refractivity contribution in [1.82, 2.24) is 0 Å². The molecule has 0 fully saturated rings. The number of cyclic esters (lactones) is 1. The van der Waals surface area contributed by atoms with E-state index in [0.29, 0.717) is 5.56 Å². The molecule has 0 bridgehead atoms. The van der Waals surface area contributed by atoms with Crippen LogP contribution in [0.5, 0.6) is 11.5 Å². The number of phenols is 2. The number of phenolic OH excluding ortho intramolecular Hbond substituents is 2. The lowest BCUT2D eigenvalue weighted by Crippen LogP contribution is -2.29. The molecule has 0 amide bonds. The van der Waals surface area contributed by atoms with Gasteiger partial charge >= 0.3 is 13.8 Å². The van der Waals surface area contributed by atoms with Crippen LogP contribution in [-0.2, 0) is 14.9 Å². The monoisotopic (exact) mass is 416 g/mol. The minimum atomic E-state index is -4.64. The fraction of sp³-hybridized carbons (Fsp3) is 0.0500. The predicted octanol–water partition coefficient (Wildman–Crippen LogP) is 2.63. The first-order valence-electron chi connectivity index (χ1n) is 8.31. The van der Waals surface area contributed by atoms with E-state index in [4.69, 9.17) is 24.0 Å². The molecule has 0 atom stereocenters. The van der Waals surface area contributed by atoms with E-state index in [1.807, 2.05) is 12.1 Å². The number of fused-ring (bicyclic) bond motifs is 1. The lowest BCUT2D eigenvalue weighted by atomic mass is 9.80. The second-order valence-corrected chi connectivity index (χ2v) is 7.25. The Morgan fingerprint density at radius 2 is 1.14 bits per heavy atom. The maximum atomic E-state index is 12.4. The van der Waals surface area contributed by atoms with E-state index < -0.39 is 19.4 Å². The molecule has 3 aromatic rings. The number of rotatable bonds is 2. The summed E-state index contributed by atoms with van der Waals surface area (Å²) in [7, 11) is -4.64. The maximum Gasteiger partial charge on any atom is 0.466 e. The number of carbonyl (C=O) groups excluding carboxylic acids is 1. The minimum Gasteiger partial charge on any atom is -0.508 e. The smallest absolute Gasteiger partial charge is 0.466 e. The molecular formula is C20H17O8P. The molecule has 3 aromatic carbocycles. The zero-order valence-electron chi connectivity index (χ0n) is 14.8. The van der Waals surface area contributed by atoms with Crippen molar-refractivity contribution in [3.05, 3.63) is 95.1 Å². The van der Waals surface area contributed by atoms with Crippen molar-refractivity contribution in [1.29, 1.82) is 0 Å². The normalized spacial score (nSPS) is 14.4. The van der Waals surface area contributed by atoms with Crippen LogP contribution in [0.15, 0.2) is 72.8 Å². The third-order valence-corrected chi connectivity index (χ3v) is 4.32. The van der Waals surface area contributed by atoms with E-state index in [0.717, 1.165) is 16.7 Å². The maximum absolute atomic E-state index is 12.4. The van der Waals surface area contributed by atoms with Crippen LogP contribution in [0.3, 0.4) is 0 Å². The lowest BCUT2D eigenvalue weighted by molar-refractivity contribution is 0.0251. The van der Waals surface area contributed by atoms with Crippen molar-refractivity contribution in [3.63, 3.8) is 0 Å². The molecule has 0 aliphatic carbocycles. The highest BCUT2D eigenvalue weighted by Gasteiger charge is 2.48.